The molecule has 4 nitrogen and oxygen atoms in total. The fraction of sp³-hybridized carbons (Fsp3) is 0.435. The van der Waals surface area contributed by atoms with Crippen molar-refractivity contribution in [2.24, 2.45) is 5.92 Å². The molecule has 1 N–H and O–H groups in total. The molecule has 2 aromatic carbocycles. The summed E-state index contributed by atoms with van der Waals surface area (Å²) in [4.78, 5) is 15.0. The van der Waals surface area contributed by atoms with Crippen LogP contribution >= 0.6 is 0 Å². The zero-order valence-corrected chi connectivity index (χ0v) is 15.5. The van der Waals surface area contributed by atoms with Gasteiger partial charge in [0, 0.05) is 18.1 Å². The molecule has 1 aliphatic heterocycles. The number of carbonyl (C=O) groups is 1. The normalized spacial score (nSPS) is 26.4. The Morgan fingerprint density at radius 3 is 2.59 bits per heavy atom. The lowest BCUT2D eigenvalue weighted by atomic mass is 9.83. The number of nitrogens with one attached hydrogen (secondary N) is 1. The molecule has 0 bridgehead atoms. The Labute approximate surface area is 160 Å². The molecule has 0 spiro atoms. The molecular weight excluding hydrogens is 336 g/mol. The molecule has 3 atom stereocenters. The highest BCUT2D eigenvalue weighted by Gasteiger charge is 2.47. The van der Waals surface area contributed by atoms with E-state index in [9.17, 15) is 4.79 Å². The number of para-hydroxylation sites is 1. The Balaban J connectivity index is 1.42. The average molecular weight is 362 g/mol. The van der Waals surface area contributed by atoms with Crippen molar-refractivity contribution in [3.63, 3.8) is 0 Å². The van der Waals surface area contributed by atoms with Crippen LogP contribution in [0.5, 0.6) is 0 Å². The molecule has 1 heterocycles. The van der Waals surface area contributed by atoms with Crippen LogP contribution in [0.25, 0.3) is 0 Å². The van der Waals surface area contributed by atoms with E-state index < -0.39 is 0 Å². The van der Waals surface area contributed by atoms with Gasteiger partial charge in [0.2, 0.25) is 0 Å². The summed E-state index contributed by atoms with van der Waals surface area (Å²) >= 11 is 0. The molecule has 3 unspecified atom stereocenters. The van der Waals surface area contributed by atoms with E-state index in [1.165, 1.54) is 31.2 Å². The van der Waals surface area contributed by atoms with E-state index >= 15 is 0 Å². The lowest BCUT2D eigenvalue weighted by Gasteiger charge is -2.43. The van der Waals surface area contributed by atoms with Gasteiger partial charge in [-0.3, -0.25) is 4.90 Å². The van der Waals surface area contributed by atoms with E-state index in [1.54, 1.807) is 0 Å². The van der Waals surface area contributed by atoms with Crippen molar-refractivity contribution in [2.75, 3.05) is 4.90 Å². The van der Waals surface area contributed by atoms with Gasteiger partial charge in [-0.05, 0) is 48.8 Å². The first kappa shape index (κ1) is 16.8. The first-order chi connectivity index (χ1) is 13.3. The van der Waals surface area contributed by atoms with E-state index in [0.29, 0.717) is 24.6 Å². The number of fused-ring (bicyclic) bond motifs is 2. The highest BCUT2D eigenvalue weighted by molar-refractivity contribution is 5.90. The third-order valence-electron chi connectivity index (χ3n) is 6.22. The number of hydrogen-bond acceptors (Lipinski definition) is 3. The fourth-order valence-electron chi connectivity index (χ4n) is 4.80. The van der Waals surface area contributed by atoms with Gasteiger partial charge < -0.3 is 10.1 Å². The first-order valence-electron chi connectivity index (χ1n) is 10.2. The number of benzene rings is 2. The molecule has 2 fully saturated rings. The van der Waals surface area contributed by atoms with Crippen LogP contribution in [0, 0.1) is 5.92 Å². The molecule has 27 heavy (non-hydrogen) atoms. The Morgan fingerprint density at radius 2 is 1.78 bits per heavy atom. The van der Waals surface area contributed by atoms with Crippen molar-refractivity contribution < 1.29 is 9.53 Å². The van der Waals surface area contributed by atoms with Crippen molar-refractivity contribution in [3.8, 4) is 0 Å². The number of amides is 1. The van der Waals surface area contributed by atoms with E-state index in [-0.39, 0.29) is 12.1 Å². The largest absolute Gasteiger partial charge is 0.444 e. The third-order valence-corrected chi connectivity index (χ3v) is 6.22. The van der Waals surface area contributed by atoms with E-state index in [2.05, 4.69) is 23.5 Å². The topological polar surface area (TPSA) is 41.6 Å². The number of anilines is 1. The summed E-state index contributed by atoms with van der Waals surface area (Å²) in [6.45, 7) is 0.319. The molecule has 140 valence electrons. The number of hydrogen-bond donors (Lipinski definition) is 1. The van der Waals surface area contributed by atoms with Crippen molar-refractivity contribution in [2.45, 2.75) is 56.8 Å². The summed E-state index contributed by atoms with van der Waals surface area (Å²) in [5.74, 6) is 0.477. The summed E-state index contributed by atoms with van der Waals surface area (Å²) in [6.07, 6.45) is 5.74. The summed E-state index contributed by atoms with van der Waals surface area (Å²) in [6, 6.07) is 19.5. The predicted molar refractivity (Wildman–Crippen MR) is 106 cm³/mol. The van der Waals surface area contributed by atoms with Gasteiger partial charge in [-0.15, -0.1) is 0 Å². The summed E-state index contributed by atoms with van der Waals surface area (Å²) < 4.78 is 5.73. The second-order valence-corrected chi connectivity index (χ2v) is 8.05. The lowest BCUT2D eigenvalue weighted by Crippen LogP contribution is -2.51. The van der Waals surface area contributed by atoms with Gasteiger partial charge >= 0.3 is 6.09 Å². The van der Waals surface area contributed by atoms with Crippen LogP contribution in [0.15, 0.2) is 54.6 Å². The van der Waals surface area contributed by atoms with Crippen LogP contribution in [-0.4, -0.2) is 18.2 Å². The van der Waals surface area contributed by atoms with Crippen LogP contribution < -0.4 is 10.2 Å². The number of nitrogens with zero attached hydrogens (tertiary/aromatic N) is 1. The minimum absolute atomic E-state index is 0.215. The van der Waals surface area contributed by atoms with Gasteiger partial charge in [0.15, 0.2) is 0 Å². The van der Waals surface area contributed by atoms with E-state index in [1.807, 2.05) is 41.3 Å². The Bertz CT molecular complexity index is 818. The molecule has 0 saturated heterocycles. The van der Waals surface area contributed by atoms with Crippen LogP contribution in [0.4, 0.5) is 10.5 Å². The molecule has 2 aliphatic carbocycles. The van der Waals surface area contributed by atoms with Crippen molar-refractivity contribution in [3.05, 3.63) is 65.7 Å². The van der Waals surface area contributed by atoms with Gasteiger partial charge in [0.1, 0.15) is 6.61 Å². The number of ether oxygens (including phenoxy) is 1. The maximum absolute atomic E-state index is 13.1. The van der Waals surface area contributed by atoms with Gasteiger partial charge in [-0.1, -0.05) is 55.0 Å². The van der Waals surface area contributed by atoms with Crippen LogP contribution in [-0.2, 0) is 11.3 Å². The van der Waals surface area contributed by atoms with Gasteiger partial charge in [0.25, 0.3) is 0 Å². The number of rotatable bonds is 4. The van der Waals surface area contributed by atoms with E-state index in [4.69, 9.17) is 4.74 Å². The molecular formula is C23H26N2O2. The molecule has 0 aromatic heterocycles. The first-order valence-corrected chi connectivity index (χ1v) is 10.2. The zero-order chi connectivity index (χ0) is 18.2. The molecule has 4 heteroatoms. The molecule has 1 amide bonds. The average Bonchev–Trinajstić information content (AvgIpc) is 3.40. The second-order valence-electron chi connectivity index (χ2n) is 8.05. The van der Waals surface area contributed by atoms with E-state index in [0.717, 1.165) is 17.7 Å². The second kappa shape index (κ2) is 7.01. The standard InChI is InChI=1S/C23H26N2O2/c26-23(27-15-16-7-2-1-3-8-16)25-20-11-5-4-9-18(20)22(24-17-13-14-17)19-10-6-12-21(19)25/h1-5,7-9,11,17,19,21-22,24H,6,10,12-15H2. The minimum atomic E-state index is -0.215. The molecule has 2 saturated carbocycles. The third kappa shape index (κ3) is 3.23. The monoisotopic (exact) mass is 362 g/mol. The maximum Gasteiger partial charge on any atom is 0.414 e. The molecule has 3 aliphatic rings. The lowest BCUT2D eigenvalue weighted by molar-refractivity contribution is 0.140. The Hall–Kier alpha value is -2.33. The van der Waals surface area contributed by atoms with Gasteiger partial charge in [0.05, 0.1) is 5.69 Å². The molecule has 5 rings (SSSR count). The summed E-state index contributed by atoms with van der Waals surface area (Å²) in [7, 11) is 0. The summed E-state index contributed by atoms with van der Waals surface area (Å²) in [5.41, 5.74) is 3.30. The minimum Gasteiger partial charge on any atom is -0.444 e. The molecule has 2 aromatic rings. The Morgan fingerprint density at radius 1 is 1.00 bits per heavy atom. The highest BCUT2D eigenvalue weighted by atomic mass is 16.6. The van der Waals surface area contributed by atoms with Gasteiger partial charge in [-0.2, -0.15) is 0 Å². The number of carbonyl (C=O) groups excluding carboxylic acids is 1. The smallest absolute Gasteiger partial charge is 0.414 e. The molecule has 0 radical (unpaired) electrons. The zero-order valence-electron chi connectivity index (χ0n) is 15.5. The van der Waals surface area contributed by atoms with Crippen LogP contribution in [0.1, 0.15) is 49.3 Å². The maximum atomic E-state index is 13.1. The Kier molecular flexibility index (Phi) is 4.36. The van der Waals surface area contributed by atoms with Crippen molar-refractivity contribution in [1.82, 2.24) is 5.32 Å². The SMILES string of the molecule is O=C(OCc1ccccc1)N1c2ccccc2C(NC2CC2)C2CCCC21. The highest BCUT2D eigenvalue weighted by Crippen LogP contribution is 2.48. The predicted octanol–water partition coefficient (Wildman–Crippen LogP) is 4.81. The van der Waals surface area contributed by atoms with Crippen molar-refractivity contribution in [1.29, 1.82) is 0 Å². The summed E-state index contributed by atoms with van der Waals surface area (Å²) in [5, 5.41) is 3.86. The van der Waals surface area contributed by atoms with Crippen LogP contribution in [0.2, 0.25) is 0 Å². The van der Waals surface area contributed by atoms with Crippen LogP contribution in [0.3, 0.4) is 0 Å². The fourth-order valence-corrected chi connectivity index (χ4v) is 4.80. The quantitative estimate of drug-likeness (QED) is 0.849. The van der Waals surface area contributed by atoms with Gasteiger partial charge in [-0.25, -0.2) is 4.79 Å². The van der Waals surface area contributed by atoms with Crippen molar-refractivity contribution >= 4 is 11.8 Å².